The number of hydrogen-bond donors (Lipinski definition) is 2. The number of aromatic amines is 1. The Kier molecular flexibility index (Phi) is 4.40. The maximum absolute atomic E-state index is 11.9. The number of nitrogens with zero attached hydrogens (tertiary/aromatic N) is 1. The van der Waals surface area contributed by atoms with Crippen LogP contribution in [-0.4, -0.2) is 22.7 Å². The smallest absolute Gasteiger partial charge is 0.258 e. The van der Waals surface area contributed by atoms with Gasteiger partial charge in [-0.3, -0.25) is 9.89 Å². The van der Waals surface area contributed by atoms with Crippen LogP contribution in [0.5, 0.6) is 5.75 Å². The average molecular weight is 273 g/mol. The van der Waals surface area contributed by atoms with E-state index in [4.69, 9.17) is 4.74 Å². The number of ether oxygens (including phenoxy) is 1. The predicted octanol–water partition coefficient (Wildman–Crippen LogP) is 2.28. The normalized spacial score (nSPS) is 11.9. The van der Waals surface area contributed by atoms with Gasteiger partial charge in [0.2, 0.25) is 0 Å². The van der Waals surface area contributed by atoms with Crippen molar-refractivity contribution in [1.82, 2.24) is 15.5 Å². The van der Waals surface area contributed by atoms with Gasteiger partial charge in [0.05, 0.1) is 12.2 Å². The molecule has 1 heterocycles. The molecule has 2 aromatic rings. The van der Waals surface area contributed by atoms with Crippen LogP contribution < -0.4 is 10.1 Å². The molecule has 0 bridgehead atoms. The van der Waals surface area contributed by atoms with Gasteiger partial charge in [0.1, 0.15) is 5.75 Å². The molecule has 0 saturated carbocycles. The Hall–Kier alpha value is -2.30. The number of hydrogen-bond acceptors (Lipinski definition) is 3. The minimum atomic E-state index is -0.153. The maximum Gasteiger partial charge on any atom is 0.258 e. The summed E-state index contributed by atoms with van der Waals surface area (Å²) in [5.74, 6) is 0.593. The maximum atomic E-state index is 11.9. The molecule has 1 aromatic heterocycles. The summed E-state index contributed by atoms with van der Waals surface area (Å²) in [5.41, 5.74) is 3.14. The van der Waals surface area contributed by atoms with Gasteiger partial charge in [0.25, 0.3) is 5.91 Å². The molecule has 0 radical (unpaired) electrons. The molecule has 1 unspecified atom stereocenters. The van der Waals surface area contributed by atoms with Gasteiger partial charge in [0, 0.05) is 11.8 Å². The summed E-state index contributed by atoms with van der Waals surface area (Å²) in [6, 6.07) is 5.71. The third kappa shape index (κ3) is 3.38. The molecule has 5 heteroatoms. The SMILES string of the molecule is Cc1cccc(OCC(=O)NC(C)c2cn[nH]c2)c1C. The molecule has 1 atom stereocenters. The van der Waals surface area contributed by atoms with E-state index in [9.17, 15) is 4.79 Å². The number of aryl methyl sites for hydroxylation is 1. The van der Waals surface area contributed by atoms with E-state index in [1.165, 1.54) is 0 Å². The van der Waals surface area contributed by atoms with E-state index in [1.807, 2.05) is 39.0 Å². The lowest BCUT2D eigenvalue weighted by atomic mass is 10.1. The third-order valence-corrected chi connectivity index (χ3v) is 3.31. The summed E-state index contributed by atoms with van der Waals surface area (Å²) in [5, 5.41) is 9.44. The van der Waals surface area contributed by atoms with E-state index in [-0.39, 0.29) is 18.6 Å². The van der Waals surface area contributed by atoms with Crippen molar-refractivity contribution < 1.29 is 9.53 Å². The first kappa shape index (κ1) is 14.1. The molecule has 1 aromatic carbocycles. The first-order chi connectivity index (χ1) is 9.58. The van der Waals surface area contributed by atoms with E-state index < -0.39 is 0 Å². The minimum absolute atomic E-state index is 0.00643. The quantitative estimate of drug-likeness (QED) is 0.878. The molecule has 2 N–H and O–H groups in total. The number of benzene rings is 1. The summed E-state index contributed by atoms with van der Waals surface area (Å²) in [7, 11) is 0. The number of carbonyl (C=O) groups is 1. The van der Waals surface area contributed by atoms with E-state index in [0.717, 1.165) is 22.4 Å². The van der Waals surface area contributed by atoms with E-state index in [2.05, 4.69) is 15.5 Å². The van der Waals surface area contributed by atoms with Crippen LogP contribution in [0, 0.1) is 13.8 Å². The van der Waals surface area contributed by atoms with Crippen LogP contribution in [0.25, 0.3) is 0 Å². The topological polar surface area (TPSA) is 67.0 Å². The van der Waals surface area contributed by atoms with Crippen molar-refractivity contribution in [3.8, 4) is 5.75 Å². The predicted molar refractivity (Wildman–Crippen MR) is 76.6 cm³/mol. The van der Waals surface area contributed by atoms with Crippen molar-refractivity contribution in [2.24, 2.45) is 0 Å². The van der Waals surface area contributed by atoms with Crippen LogP contribution in [0.1, 0.15) is 29.7 Å². The van der Waals surface area contributed by atoms with Crippen LogP contribution in [0.4, 0.5) is 0 Å². The van der Waals surface area contributed by atoms with Crippen LogP contribution in [0.15, 0.2) is 30.6 Å². The number of amides is 1. The van der Waals surface area contributed by atoms with Crippen molar-refractivity contribution in [3.05, 3.63) is 47.3 Å². The number of aromatic nitrogens is 2. The monoisotopic (exact) mass is 273 g/mol. The van der Waals surface area contributed by atoms with Gasteiger partial charge in [-0.15, -0.1) is 0 Å². The Bertz CT molecular complexity index is 579. The van der Waals surface area contributed by atoms with Gasteiger partial charge in [0.15, 0.2) is 6.61 Å². The highest BCUT2D eigenvalue weighted by molar-refractivity contribution is 5.78. The second-order valence-electron chi connectivity index (χ2n) is 4.81. The number of H-pyrrole nitrogens is 1. The van der Waals surface area contributed by atoms with Crippen molar-refractivity contribution in [1.29, 1.82) is 0 Å². The summed E-state index contributed by atoms with van der Waals surface area (Å²) >= 11 is 0. The molecule has 1 amide bonds. The molecular formula is C15H19N3O2. The summed E-state index contributed by atoms with van der Waals surface area (Å²) in [6.07, 6.45) is 3.45. The van der Waals surface area contributed by atoms with Crippen molar-refractivity contribution in [2.75, 3.05) is 6.61 Å². The molecular weight excluding hydrogens is 254 g/mol. The van der Waals surface area contributed by atoms with Crippen molar-refractivity contribution in [2.45, 2.75) is 26.8 Å². The zero-order valence-corrected chi connectivity index (χ0v) is 11.9. The largest absolute Gasteiger partial charge is 0.483 e. The molecule has 0 aliphatic carbocycles. The highest BCUT2D eigenvalue weighted by atomic mass is 16.5. The summed E-state index contributed by atoms with van der Waals surface area (Å²) in [4.78, 5) is 11.9. The minimum Gasteiger partial charge on any atom is -0.483 e. The Morgan fingerprint density at radius 1 is 1.45 bits per heavy atom. The standard InChI is InChI=1S/C15H19N3O2/c1-10-5-4-6-14(11(10)2)20-9-15(19)18-12(3)13-7-16-17-8-13/h4-8,12H,9H2,1-3H3,(H,16,17)(H,18,19). The summed E-state index contributed by atoms with van der Waals surface area (Å²) in [6.45, 7) is 5.91. The van der Waals surface area contributed by atoms with Gasteiger partial charge in [-0.1, -0.05) is 12.1 Å². The first-order valence-corrected chi connectivity index (χ1v) is 6.55. The van der Waals surface area contributed by atoms with Gasteiger partial charge >= 0.3 is 0 Å². The highest BCUT2D eigenvalue weighted by Gasteiger charge is 2.11. The Balaban J connectivity index is 1.88. The molecule has 20 heavy (non-hydrogen) atoms. The molecule has 0 aliphatic rings. The Morgan fingerprint density at radius 2 is 2.25 bits per heavy atom. The molecule has 0 aliphatic heterocycles. The molecule has 2 rings (SSSR count). The Morgan fingerprint density at radius 3 is 2.95 bits per heavy atom. The zero-order chi connectivity index (χ0) is 14.5. The van der Waals surface area contributed by atoms with Crippen LogP contribution >= 0.6 is 0 Å². The van der Waals surface area contributed by atoms with Crippen molar-refractivity contribution >= 4 is 5.91 Å². The fourth-order valence-corrected chi connectivity index (χ4v) is 1.89. The van der Waals surface area contributed by atoms with Gasteiger partial charge in [-0.2, -0.15) is 5.10 Å². The lowest BCUT2D eigenvalue weighted by Crippen LogP contribution is -2.31. The second kappa shape index (κ2) is 6.23. The molecule has 5 nitrogen and oxygen atoms in total. The zero-order valence-electron chi connectivity index (χ0n) is 11.9. The second-order valence-corrected chi connectivity index (χ2v) is 4.81. The van der Waals surface area contributed by atoms with Crippen LogP contribution in [-0.2, 0) is 4.79 Å². The molecule has 0 saturated heterocycles. The van der Waals surface area contributed by atoms with E-state index in [1.54, 1.807) is 12.4 Å². The first-order valence-electron chi connectivity index (χ1n) is 6.55. The van der Waals surface area contributed by atoms with Gasteiger partial charge in [-0.05, 0) is 38.0 Å². The lowest BCUT2D eigenvalue weighted by Gasteiger charge is -2.14. The highest BCUT2D eigenvalue weighted by Crippen LogP contribution is 2.20. The number of carbonyl (C=O) groups excluding carboxylic acids is 1. The molecule has 106 valence electrons. The van der Waals surface area contributed by atoms with Gasteiger partial charge < -0.3 is 10.1 Å². The molecule has 0 fully saturated rings. The molecule has 0 spiro atoms. The van der Waals surface area contributed by atoms with E-state index in [0.29, 0.717) is 0 Å². The van der Waals surface area contributed by atoms with Crippen LogP contribution in [0.2, 0.25) is 0 Å². The third-order valence-electron chi connectivity index (χ3n) is 3.31. The van der Waals surface area contributed by atoms with Crippen LogP contribution in [0.3, 0.4) is 0 Å². The lowest BCUT2D eigenvalue weighted by molar-refractivity contribution is -0.123. The Labute approximate surface area is 118 Å². The fraction of sp³-hybridized carbons (Fsp3) is 0.333. The number of nitrogens with one attached hydrogen (secondary N) is 2. The van der Waals surface area contributed by atoms with Gasteiger partial charge in [-0.25, -0.2) is 0 Å². The van der Waals surface area contributed by atoms with E-state index >= 15 is 0 Å². The average Bonchev–Trinajstić information content (AvgIpc) is 2.94. The van der Waals surface area contributed by atoms with Crippen molar-refractivity contribution in [3.63, 3.8) is 0 Å². The summed E-state index contributed by atoms with van der Waals surface area (Å²) < 4.78 is 5.56. The fourth-order valence-electron chi connectivity index (χ4n) is 1.89. The number of rotatable bonds is 5.